The van der Waals surface area contributed by atoms with Crippen LogP contribution in [-0.2, 0) is 0 Å². The summed E-state index contributed by atoms with van der Waals surface area (Å²) in [5, 5.41) is 9.23. The lowest BCUT2D eigenvalue weighted by atomic mass is 10.1. The molecule has 0 saturated heterocycles. The Labute approximate surface area is 78.7 Å². The molecular formula is C8H16Cl2O. The third-order valence-corrected chi connectivity index (χ3v) is 2.10. The molecule has 0 aromatic carbocycles. The summed E-state index contributed by atoms with van der Waals surface area (Å²) in [7, 11) is 0. The number of halogens is 2. The molecule has 0 aromatic heterocycles. The van der Waals surface area contributed by atoms with Crippen LogP contribution in [-0.4, -0.2) is 23.0 Å². The van der Waals surface area contributed by atoms with Gasteiger partial charge in [0.05, 0.1) is 6.10 Å². The van der Waals surface area contributed by atoms with Crippen LogP contribution in [0, 0.1) is 0 Å². The highest BCUT2D eigenvalue weighted by molar-refractivity contribution is 6.18. The number of unbranched alkanes of at least 4 members (excludes halogenated alkanes) is 2. The molecule has 0 unspecified atom stereocenters. The van der Waals surface area contributed by atoms with Gasteiger partial charge in [0.25, 0.3) is 0 Å². The van der Waals surface area contributed by atoms with Gasteiger partial charge in [-0.25, -0.2) is 0 Å². The van der Waals surface area contributed by atoms with E-state index in [4.69, 9.17) is 23.2 Å². The Balaban J connectivity index is 2.97. The van der Waals surface area contributed by atoms with Crippen molar-refractivity contribution in [1.82, 2.24) is 0 Å². The van der Waals surface area contributed by atoms with Crippen molar-refractivity contribution in [2.24, 2.45) is 0 Å². The van der Waals surface area contributed by atoms with Crippen molar-refractivity contribution >= 4 is 23.2 Å². The van der Waals surface area contributed by atoms with Gasteiger partial charge in [0.1, 0.15) is 0 Å². The lowest BCUT2D eigenvalue weighted by Crippen LogP contribution is -2.06. The van der Waals surface area contributed by atoms with E-state index in [0.717, 1.165) is 31.6 Å². The van der Waals surface area contributed by atoms with Crippen LogP contribution < -0.4 is 0 Å². The first-order chi connectivity index (χ1) is 5.31. The van der Waals surface area contributed by atoms with Crippen LogP contribution in [0.4, 0.5) is 0 Å². The molecule has 3 heteroatoms. The molecule has 1 nitrogen and oxygen atoms in total. The summed E-state index contributed by atoms with van der Waals surface area (Å²) in [5.74, 6) is 1.28. The largest absolute Gasteiger partial charge is 0.393 e. The summed E-state index contributed by atoms with van der Waals surface area (Å²) < 4.78 is 0. The fourth-order valence-corrected chi connectivity index (χ4v) is 1.36. The Hall–Kier alpha value is 0.540. The molecule has 11 heavy (non-hydrogen) atoms. The zero-order valence-electron chi connectivity index (χ0n) is 6.73. The summed E-state index contributed by atoms with van der Waals surface area (Å²) in [4.78, 5) is 0. The Morgan fingerprint density at radius 3 is 2.18 bits per heavy atom. The third-order valence-electron chi connectivity index (χ3n) is 1.61. The molecule has 0 aromatic rings. The second kappa shape index (κ2) is 8.63. The van der Waals surface area contributed by atoms with Crippen molar-refractivity contribution in [3.63, 3.8) is 0 Å². The summed E-state index contributed by atoms with van der Waals surface area (Å²) in [6.07, 6.45) is 4.59. The first-order valence-corrected chi connectivity index (χ1v) is 5.18. The van der Waals surface area contributed by atoms with Gasteiger partial charge >= 0.3 is 0 Å². The molecular weight excluding hydrogens is 183 g/mol. The molecule has 0 radical (unpaired) electrons. The summed E-state index contributed by atoms with van der Waals surface area (Å²) in [5.41, 5.74) is 0. The summed E-state index contributed by atoms with van der Waals surface area (Å²) in [6.45, 7) is 0. The smallest absolute Gasteiger partial charge is 0.0551 e. The molecule has 0 fully saturated rings. The van der Waals surface area contributed by atoms with Gasteiger partial charge in [-0.05, 0) is 19.3 Å². The second-order valence-electron chi connectivity index (χ2n) is 2.67. The molecule has 0 aliphatic heterocycles. The Morgan fingerprint density at radius 2 is 1.64 bits per heavy atom. The van der Waals surface area contributed by atoms with Crippen LogP contribution in [0.25, 0.3) is 0 Å². The van der Waals surface area contributed by atoms with E-state index in [9.17, 15) is 5.11 Å². The van der Waals surface area contributed by atoms with E-state index in [2.05, 4.69) is 0 Å². The quantitative estimate of drug-likeness (QED) is 0.493. The fraction of sp³-hybridized carbons (Fsp3) is 1.00. The SMILES string of the molecule is O[C@H](CCCl)CCCCCCl. The maximum atomic E-state index is 9.23. The van der Waals surface area contributed by atoms with E-state index < -0.39 is 0 Å². The van der Waals surface area contributed by atoms with Crippen LogP contribution in [0.3, 0.4) is 0 Å². The van der Waals surface area contributed by atoms with Gasteiger partial charge in [-0.2, -0.15) is 0 Å². The molecule has 0 aliphatic rings. The van der Waals surface area contributed by atoms with Crippen LogP contribution in [0.5, 0.6) is 0 Å². The van der Waals surface area contributed by atoms with E-state index in [1.54, 1.807) is 0 Å². The number of aliphatic hydroxyl groups is 1. The Bertz CT molecular complexity index is 78.5. The highest BCUT2D eigenvalue weighted by atomic mass is 35.5. The predicted octanol–water partition coefficient (Wildman–Crippen LogP) is 2.78. The van der Waals surface area contributed by atoms with Gasteiger partial charge in [-0.15, -0.1) is 23.2 Å². The highest BCUT2D eigenvalue weighted by Crippen LogP contribution is 2.07. The topological polar surface area (TPSA) is 20.2 Å². The van der Waals surface area contributed by atoms with E-state index in [0.29, 0.717) is 12.3 Å². The van der Waals surface area contributed by atoms with Gasteiger partial charge in [0, 0.05) is 11.8 Å². The molecule has 1 N–H and O–H groups in total. The van der Waals surface area contributed by atoms with Crippen molar-refractivity contribution in [3.05, 3.63) is 0 Å². The van der Waals surface area contributed by atoms with Crippen LogP contribution in [0.15, 0.2) is 0 Å². The average molecular weight is 199 g/mol. The molecule has 0 spiro atoms. The molecule has 0 heterocycles. The Kier molecular flexibility index (Phi) is 9.06. The molecule has 68 valence electrons. The van der Waals surface area contributed by atoms with Gasteiger partial charge in [0.2, 0.25) is 0 Å². The number of rotatable bonds is 7. The van der Waals surface area contributed by atoms with Crippen molar-refractivity contribution in [2.75, 3.05) is 11.8 Å². The molecule has 0 rings (SSSR count). The summed E-state index contributed by atoms with van der Waals surface area (Å²) >= 11 is 10.9. The number of hydrogen-bond donors (Lipinski definition) is 1. The minimum atomic E-state index is -0.206. The lowest BCUT2D eigenvalue weighted by molar-refractivity contribution is 0.157. The monoisotopic (exact) mass is 198 g/mol. The lowest BCUT2D eigenvalue weighted by Gasteiger charge is -2.06. The van der Waals surface area contributed by atoms with Crippen molar-refractivity contribution in [2.45, 2.75) is 38.2 Å². The van der Waals surface area contributed by atoms with E-state index >= 15 is 0 Å². The van der Waals surface area contributed by atoms with E-state index in [1.807, 2.05) is 0 Å². The van der Waals surface area contributed by atoms with Crippen molar-refractivity contribution < 1.29 is 5.11 Å². The number of hydrogen-bond acceptors (Lipinski definition) is 1. The molecule has 0 saturated carbocycles. The molecule has 0 amide bonds. The van der Waals surface area contributed by atoms with Gasteiger partial charge < -0.3 is 5.11 Å². The van der Waals surface area contributed by atoms with Crippen molar-refractivity contribution in [3.8, 4) is 0 Å². The van der Waals surface area contributed by atoms with Gasteiger partial charge in [0.15, 0.2) is 0 Å². The Morgan fingerprint density at radius 1 is 0.909 bits per heavy atom. The zero-order valence-corrected chi connectivity index (χ0v) is 8.24. The van der Waals surface area contributed by atoms with Crippen molar-refractivity contribution in [1.29, 1.82) is 0 Å². The average Bonchev–Trinajstić information content (AvgIpc) is 1.99. The van der Waals surface area contributed by atoms with E-state index in [1.165, 1.54) is 0 Å². The number of aliphatic hydroxyl groups excluding tert-OH is 1. The standard InChI is InChI=1S/C8H16Cl2O/c9-6-3-1-2-4-8(11)5-7-10/h8,11H,1-7H2/t8-/m0/s1. The van der Waals surface area contributed by atoms with Crippen LogP contribution >= 0.6 is 23.2 Å². The minimum Gasteiger partial charge on any atom is -0.393 e. The first-order valence-electron chi connectivity index (χ1n) is 4.11. The first kappa shape index (κ1) is 11.5. The number of alkyl halides is 2. The van der Waals surface area contributed by atoms with Crippen LogP contribution in [0.1, 0.15) is 32.1 Å². The molecule has 1 atom stereocenters. The maximum Gasteiger partial charge on any atom is 0.0551 e. The van der Waals surface area contributed by atoms with Crippen LogP contribution in [0.2, 0.25) is 0 Å². The second-order valence-corrected chi connectivity index (χ2v) is 3.43. The van der Waals surface area contributed by atoms with E-state index in [-0.39, 0.29) is 6.10 Å². The van der Waals surface area contributed by atoms with Gasteiger partial charge in [-0.3, -0.25) is 0 Å². The maximum absolute atomic E-state index is 9.23. The normalized spacial score (nSPS) is 13.4. The predicted molar refractivity (Wildman–Crippen MR) is 50.5 cm³/mol. The fourth-order valence-electron chi connectivity index (χ4n) is 0.922. The zero-order chi connectivity index (χ0) is 8.53. The minimum absolute atomic E-state index is 0.206. The highest BCUT2D eigenvalue weighted by Gasteiger charge is 2.01. The summed E-state index contributed by atoms with van der Waals surface area (Å²) in [6, 6.07) is 0. The molecule has 0 aliphatic carbocycles. The molecule has 0 bridgehead atoms. The third kappa shape index (κ3) is 8.45. The van der Waals surface area contributed by atoms with Gasteiger partial charge in [-0.1, -0.05) is 12.8 Å².